The molecule has 1 aromatic rings. The molecule has 0 aliphatic carbocycles. The van der Waals surface area contributed by atoms with Crippen molar-refractivity contribution in [2.45, 2.75) is 19.4 Å². The average Bonchev–Trinajstić information content (AvgIpc) is 2.15. The highest BCUT2D eigenvalue weighted by Crippen LogP contribution is 1.96. The summed E-state index contributed by atoms with van der Waals surface area (Å²) in [6.07, 6.45) is 4.56. The minimum atomic E-state index is 0.225. The highest BCUT2D eigenvalue weighted by molar-refractivity contribution is 5.03. The fourth-order valence-corrected chi connectivity index (χ4v) is 0.761. The zero-order valence-corrected chi connectivity index (χ0v) is 5.46. The molecule has 1 heterocycles. The van der Waals surface area contributed by atoms with Gasteiger partial charge in [0.1, 0.15) is 0 Å². The molecule has 0 aliphatic rings. The number of nitrogens with two attached hydrogens (primary N) is 1. The van der Waals surface area contributed by atoms with Gasteiger partial charge < -0.3 is 5.73 Å². The number of aromatic nitrogens is 2. The Balaban J connectivity index is 2.48. The summed E-state index contributed by atoms with van der Waals surface area (Å²) in [6, 6.07) is 0.225. The van der Waals surface area contributed by atoms with Crippen LogP contribution in [-0.4, -0.2) is 16.2 Å². The molecule has 1 unspecified atom stereocenters. The van der Waals surface area contributed by atoms with Gasteiger partial charge in [-0.1, -0.05) is 0 Å². The van der Waals surface area contributed by atoms with Crippen LogP contribution in [0.3, 0.4) is 0 Å². The number of H-pyrrole nitrogens is 1. The van der Waals surface area contributed by atoms with Crippen LogP contribution in [0, 0.1) is 0 Å². The summed E-state index contributed by atoms with van der Waals surface area (Å²) in [7, 11) is 0. The van der Waals surface area contributed by atoms with Crippen molar-refractivity contribution in [2.24, 2.45) is 5.73 Å². The molecule has 0 amide bonds. The van der Waals surface area contributed by atoms with Crippen molar-refractivity contribution in [3.05, 3.63) is 18.0 Å². The molecule has 1 atom stereocenters. The molecule has 1 rings (SSSR count). The Morgan fingerprint density at radius 3 is 3.11 bits per heavy atom. The van der Waals surface area contributed by atoms with Gasteiger partial charge in [-0.15, -0.1) is 0 Å². The lowest BCUT2D eigenvalue weighted by atomic mass is 10.2. The molecule has 0 aliphatic heterocycles. The summed E-state index contributed by atoms with van der Waals surface area (Å²) in [5.74, 6) is 0. The predicted molar refractivity (Wildman–Crippen MR) is 35.9 cm³/mol. The van der Waals surface area contributed by atoms with Gasteiger partial charge in [-0.25, -0.2) is 0 Å². The molecule has 3 nitrogen and oxygen atoms in total. The molecule has 1 aromatic heterocycles. The van der Waals surface area contributed by atoms with Crippen LogP contribution in [0.1, 0.15) is 12.5 Å². The third kappa shape index (κ3) is 1.85. The van der Waals surface area contributed by atoms with Gasteiger partial charge in [0.2, 0.25) is 0 Å². The van der Waals surface area contributed by atoms with E-state index < -0.39 is 0 Å². The first-order valence-electron chi connectivity index (χ1n) is 3.02. The van der Waals surface area contributed by atoms with Gasteiger partial charge in [0, 0.05) is 12.2 Å². The van der Waals surface area contributed by atoms with E-state index in [0.717, 1.165) is 6.42 Å². The van der Waals surface area contributed by atoms with Crippen molar-refractivity contribution in [1.82, 2.24) is 10.2 Å². The molecule has 50 valence electrons. The summed E-state index contributed by atoms with van der Waals surface area (Å²) < 4.78 is 0. The molecule has 0 saturated heterocycles. The second kappa shape index (κ2) is 2.64. The molecule has 0 bridgehead atoms. The Bertz CT molecular complexity index is 155. The smallest absolute Gasteiger partial charge is 0.0519 e. The van der Waals surface area contributed by atoms with Crippen LogP contribution < -0.4 is 5.73 Å². The third-order valence-electron chi connectivity index (χ3n) is 1.11. The summed E-state index contributed by atoms with van der Waals surface area (Å²) in [5.41, 5.74) is 6.71. The highest BCUT2D eigenvalue weighted by Gasteiger charge is 1.96. The summed E-state index contributed by atoms with van der Waals surface area (Å²) in [5, 5.41) is 6.52. The lowest BCUT2D eigenvalue weighted by molar-refractivity contribution is 0.738. The van der Waals surface area contributed by atoms with Crippen molar-refractivity contribution in [1.29, 1.82) is 0 Å². The van der Waals surface area contributed by atoms with E-state index >= 15 is 0 Å². The van der Waals surface area contributed by atoms with Gasteiger partial charge in [-0.05, 0) is 18.9 Å². The van der Waals surface area contributed by atoms with E-state index in [1.54, 1.807) is 6.20 Å². The van der Waals surface area contributed by atoms with Crippen molar-refractivity contribution in [3.63, 3.8) is 0 Å². The van der Waals surface area contributed by atoms with E-state index in [4.69, 9.17) is 5.73 Å². The monoisotopic (exact) mass is 125 g/mol. The number of hydrogen-bond acceptors (Lipinski definition) is 2. The summed E-state index contributed by atoms with van der Waals surface area (Å²) in [4.78, 5) is 0. The van der Waals surface area contributed by atoms with Crippen molar-refractivity contribution in [2.75, 3.05) is 0 Å². The topological polar surface area (TPSA) is 54.7 Å². The van der Waals surface area contributed by atoms with Gasteiger partial charge in [0.25, 0.3) is 0 Å². The van der Waals surface area contributed by atoms with E-state index in [1.165, 1.54) is 5.56 Å². The van der Waals surface area contributed by atoms with E-state index in [9.17, 15) is 0 Å². The predicted octanol–water partition coefficient (Wildman–Crippen LogP) is 0.299. The SMILES string of the molecule is CC(N)Cc1cn[nH]c1. The summed E-state index contributed by atoms with van der Waals surface area (Å²) in [6.45, 7) is 1.98. The van der Waals surface area contributed by atoms with Crippen LogP contribution in [0.2, 0.25) is 0 Å². The van der Waals surface area contributed by atoms with E-state index in [2.05, 4.69) is 10.2 Å². The first-order chi connectivity index (χ1) is 4.29. The Labute approximate surface area is 54.3 Å². The fraction of sp³-hybridized carbons (Fsp3) is 0.500. The molecule has 3 N–H and O–H groups in total. The van der Waals surface area contributed by atoms with Crippen molar-refractivity contribution in [3.8, 4) is 0 Å². The second-order valence-electron chi connectivity index (χ2n) is 2.29. The van der Waals surface area contributed by atoms with Crippen LogP contribution in [0.5, 0.6) is 0 Å². The maximum atomic E-state index is 5.54. The average molecular weight is 125 g/mol. The Morgan fingerprint density at radius 1 is 1.89 bits per heavy atom. The fourth-order valence-electron chi connectivity index (χ4n) is 0.761. The number of nitrogens with one attached hydrogen (secondary N) is 1. The van der Waals surface area contributed by atoms with Crippen LogP contribution >= 0.6 is 0 Å². The number of aromatic amines is 1. The lowest BCUT2D eigenvalue weighted by Gasteiger charge is -1.98. The van der Waals surface area contributed by atoms with Crippen molar-refractivity contribution < 1.29 is 0 Å². The molecule has 3 heteroatoms. The van der Waals surface area contributed by atoms with E-state index in [-0.39, 0.29) is 6.04 Å². The molecular weight excluding hydrogens is 114 g/mol. The molecule has 0 fully saturated rings. The minimum Gasteiger partial charge on any atom is -0.328 e. The van der Waals surface area contributed by atoms with E-state index in [1.807, 2.05) is 13.1 Å². The van der Waals surface area contributed by atoms with Gasteiger partial charge in [0.15, 0.2) is 0 Å². The quantitative estimate of drug-likeness (QED) is 0.597. The number of nitrogens with zero attached hydrogens (tertiary/aromatic N) is 1. The molecule has 0 saturated carbocycles. The molecule has 0 aromatic carbocycles. The Kier molecular flexibility index (Phi) is 1.85. The van der Waals surface area contributed by atoms with Crippen LogP contribution in [0.25, 0.3) is 0 Å². The molecular formula is C6H11N3. The van der Waals surface area contributed by atoms with Crippen molar-refractivity contribution >= 4 is 0 Å². The minimum absolute atomic E-state index is 0.225. The largest absolute Gasteiger partial charge is 0.328 e. The first-order valence-corrected chi connectivity index (χ1v) is 3.02. The van der Waals surface area contributed by atoms with Crippen LogP contribution in [-0.2, 0) is 6.42 Å². The van der Waals surface area contributed by atoms with Gasteiger partial charge in [0.05, 0.1) is 6.20 Å². The number of hydrogen-bond donors (Lipinski definition) is 2. The maximum absolute atomic E-state index is 5.54. The third-order valence-corrected chi connectivity index (χ3v) is 1.11. The summed E-state index contributed by atoms with van der Waals surface area (Å²) >= 11 is 0. The van der Waals surface area contributed by atoms with E-state index in [0.29, 0.717) is 0 Å². The standard InChI is InChI=1S/C6H11N3/c1-5(7)2-6-3-8-9-4-6/h3-5H,2,7H2,1H3,(H,8,9). The maximum Gasteiger partial charge on any atom is 0.0519 e. The Morgan fingerprint density at radius 2 is 2.67 bits per heavy atom. The Hall–Kier alpha value is -0.830. The van der Waals surface area contributed by atoms with Gasteiger partial charge in [-0.3, -0.25) is 5.10 Å². The second-order valence-corrected chi connectivity index (χ2v) is 2.29. The van der Waals surface area contributed by atoms with Crippen LogP contribution in [0.15, 0.2) is 12.4 Å². The van der Waals surface area contributed by atoms with Crippen LogP contribution in [0.4, 0.5) is 0 Å². The lowest BCUT2D eigenvalue weighted by Crippen LogP contribution is -2.17. The number of rotatable bonds is 2. The highest BCUT2D eigenvalue weighted by atomic mass is 15.1. The normalized spacial score (nSPS) is 13.6. The zero-order valence-electron chi connectivity index (χ0n) is 5.46. The van der Waals surface area contributed by atoms with Gasteiger partial charge in [-0.2, -0.15) is 5.10 Å². The zero-order chi connectivity index (χ0) is 6.69. The van der Waals surface area contributed by atoms with Gasteiger partial charge >= 0.3 is 0 Å². The molecule has 9 heavy (non-hydrogen) atoms. The first kappa shape index (κ1) is 6.29. The molecule has 0 radical (unpaired) electrons. The molecule has 0 spiro atoms.